The Morgan fingerprint density at radius 2 is 1.28 bits per heavy atom. The zero-order valence-corrected chi connectivity index (χ0v) is 19.0. The fourth-order valence-electron chi connectivity index (χ4n) is 3.86. The van der Waals surface area contributed by atoms with Crippen molar-refractivity contribution in [1.29, 1.82) is 5.26 Å². The molecular weight excluding hydrogens is 400 g/mol. The Morgan fingerprint density at radius 3 is 1.69 bits per heavy atom. The third-order valence-electron chi connectivity index (χ3n) is 5.62. The number of nitrogens with zero attached hydrogens (tertiary/aromatic N) is 4. The predicted molar refractivity (Wildman–Crippen MR) is 126 cm³/mol. The van der Waals surface area contributed by atoms with Crippen LogP contribution in [-0.2, 0) is 0 Å². The highest BCUT2D eigenvalue weighted by Crippen LogP contribution is 2.19. The quantitative estimate of drug-likeness (QED) is 0.519. The van der Waals surface area contributed by atoms with Gasteiger partial charge in [0.25, 0.3) is 0 Å². The zero-order chi connectivity index (χ0) is 22.8. The molecule has 3 rings (SSSR count). The van der Waals surface area contributed by atoms with Gasteiger partial charge in [-0.25, -0.2) is 4.85 Å². The molecule has 1 fully saturated rings. The average molecular weight is 433 g/mol. The van der Waals surface area contributed by atoms with E-state index < -0.39 is 0 Å². The molecule has 2 unspecified atom stereocenters. The van der Waals surface area contributed by atoms with Gasteiger partial charge < -0.3 is 19.3 Å². The molecule has 0 radical (unpaired) electrons. The molecule has 2 aromatic carbocycles. The van der Waals surface area contributed by atoms with E-state index >= 15 is 0 Å². The highest BCUT2D eigenvalue weighted by atomic mass is 16.5. The minimum absolute atomic E-state index is 0.443. The summed E-state index contributed by atoms with van der Waals surface area (Å²) in [5.74, 6) is 2.53. The van der Waals surface area contributed by atoms with Gasteiger partial charge in [0.05, 0.1) is 31.4 Å². The fraction of sp³-hybridized carbons (Fsp3) is 0.462. The van der Waals surface area contributed by atoms with Crippen LogP contribution in [0.25, 0.3) is 4.85 Å². The Morgan fingerprint density at radius 1 is 0.844 bits per heavy atom. The maximum absolute atomic E-state index is 8.87. The van der Waals surface area contributed by atoms with E-state index in [1.54, 1.807) is 24.3 Å². The molecule has 2 atom stereocenters. The molecule has 1 aliphatic heterocycles. The summed E-state index contributed by atoms with van der Waals surface area (Å²) in [6.45, 7) is 19.2. The maximum atomic E-state index is 8.87. The lowest BCUT2D eigenvalue weighted by molar-refractivity contribution is 0.0922. The first-order chi connectivity index (χ1) is 15.6. The van der Waals surface area contributed by atoms with Gasteiger partial charge in [0.15, 0.2) is 5.69 Å². The van der Waals surface area contributed by atoms with Crippen molar-refractivity contribution in [2.75, 3.05) is 52.5 Å². The molecule has 0 bridgehead atoms. The van der Waals surface area contributed by atoms with Gasteiger partial charge in [-0.05, 0) is 36.4 Å². The lowest BCUT2D eigenvalue weighted by Gasteiger charge is -2.37. The Bertz CT molecular complexity index is 829. The van der Waals surface area contributed by atoms with Gasteiger partial charge in [-0.1, -0.05) is 26.0 Å². The van der Waals surface area contributed by atoms with Gasteiger partial charge in [-0.3, -0.25) is 0 Å². The molecule has 1 saturated heterocycles. The number of piperazine rings is 1. The molecule has 32 heavy (non-hydrogen) atoms. The average Bonchev–Trinajstić information content (AvgIpc) is 2.83. The molecule has 0 amide bonds. The van der Waals surface area contributed by atoms with E-state index in [-0.39, 0.29) is 0 Å². The van der Waals surface area contributed by atoms with Crippen molar-refractivity contribution in [1.82, 2.24) is 9.80 Å². The Kier molecular flexibility index (Phi) is 8.92. The third kappa shape index (κ3) is 7.57. The van der Waals surface area contributed by atoms with Crippen LogP contribution in [-0.4, -0.2) is 62.3 Å². The second-order valence-corrected chi connectivity index (χ2v) is 8.68. The SMILES string of the molecule is [C-]#[N+]c1ccc(OCC(C)CN2CCN(CC(C)COc3ccc(C#N)cc3)CC2)cc1. The molecule has 0 N–H and O–H groups in total. The summed E-state index contributed by atoms with van der Waals surface area (Å²) in [4.78, 5) is 8.44. The van der Waals surface area contributed by atoms with E-state index in [0.29, 0.717) is 36.3 Å². The van der Waals surface area contributed by atoms with E-state index in [0.717, 1.165) is 50.8 Å². The van der Waals surface area contributed by atoms with Crippen LogP contribution in [0.3, 0.4) is 0 Å². The molecule has 1 aliphatic rings. The topological polar surface area (TPSA) is 53.1 Å². The van der Waals surface area contributed by atoms with E-state index in [4.69, 9.17) is 21.3 Å². The van der Waals surface area contributed by atoms with Crippen molar-refractivity contribution < 1.29 is 9.47 Å². The Balaban J connectivity index is 1.30. The maximum Gasteiger partial charge on any atom is 0.187 e. The minimum atomic E-state index is 0.443. The van der Waals surface area contributed by atoms with Crippen LogP contribution in [0.2, 0.25) is 0 Å². The summed E-state index contributed by atoms with van der Waals surface area (Å²) in [5.41, 5.74) is 1.29. The largest absolute Gasteiger partial charge is 0.493 e. The van der Waals surface area contributed by atoms with Crippen molar-refractivity contribution in [3.63, 3.8) is 0 Å². The molecule has 6 heteroatoms. The van der Waals surface area contributed by atoms with Gasteiger partial charge >= 0.3 is 0 Å². The molecule has 0 saturated carbocycles. The normalized spacial score (nSPS) is 16.5. The number of benzene rings is 2. The number of ether oxygens (including phenoxy) is 2. The van der Waals surface area contributed by atoms with Crippen LogP contribution < -0.4 is 9.47 Å². The van der Waals surface area contributed by atoms with Gasteiger partial charge in [0, 0.05) is 51.1 Å². The second kappa shape index (κ2) is 12.1. The van der Waals surface area contributed by atoms with Crippen molar-refractivity contribution >= 4 is 5.69 Å². The highest BCUT2D eigenvalue weighted by molar-refractivity contribution is 5.46. The summed E-state index contributed by atoms with van der Waals surface area (Å²) in [6.07, 6.45) is 0. The lowest BCUT2D eigenvalue weighted by Crippen LogP contribution is -2.49. The van der Waals surface area contributed by atoms with Crippen LogP contribution in [0.5, 0.6) is 11.5 Å². The van der Waals surface area contributed by atoms with Crippen LogP contribution >= 0.6 is 0 Å². The van der Waals surface area contributed by atoms with Crippen molar-refractivity contribution in [3.8, 4) is 17.6 Å². The lowest BCUT2D eigenvalue weighted by atomic mass is 10.1. The van der Waals surface area contributed by atoms with Crippen LogP contribution in [0.15, 0.2) is 48.5 Å². The van der Waals surface area contributed by atoms with Gasteiger partial charge in [0.2, 0.25) is 0 Å². The molecule has 6 nitrogen and oxygen atoms in total. The standard InChI is InChI=1S/C26H32N4O2/c1-21(19-31-25-8-4-23(16-27)5-9-25)17-29-12-14-30(15-13-29)18-22(2)20-32-26-10-6-24(28-3)7-11-26/h4-11,21-22H,12-15,17-20H2,1-2H3. The van der Waals surface area contributed by atoms with Gasteiger partial charge in [0.1, 0.15) is 11.5 Å². The van der Waals surface area contributed by atoms with E-state index in [1.807, 2.05) is 24.3 Å². The smallest absolute Gasteiger partial charge is 0.187 e. The van der Waals surface area contributed by atoms with Crippen LogP contribution in [0.1, 0.15) is 19.4 Å². The zero-order valence-electron chi connectivity index (χ0n) is 19.0. The summed E-state index contributed by atoms with van der Waals surface area (Å²) >= 11 is 0. The molecule has 1 heterocycles. The van der Waals surface area contributed by atoms with Gasteiger partial charge in [-0.15, -0.1) is 0 Å². The number of nitriles is 1. The molecule has 0 aliphatic carbocycles. The highest BCUT2D eigenvalue weighted by Gasteiger charge is 2.20. The third-order valence-corrected chi connectivity index (χ3v) is 5.62. The van der Waals surface area contributed by atoms with Crippen molar-refractivity contribution in [2.45, 2.75) is 13.8 Å². The molecule has 0 aromatic heterocycles. The predicted octanol–water partition coefficient (Wildman–Crippen LogP) is 4.46. The Hall–Kier alpha value is -3.06. The Labute approximate surface area is 191 Å². The molecule has 0 spiro atoms. The van der Waals surface area contributed by atoms with E-state index in [1.165, 1.54) is 0 Å². The number of hydrogen-bond acceptors (Lipinski definition) is 5. The monoisotopic (exact) mass is 432 g/mol. The molecule has 168 valence electrons. The number of rotatable bonds is 10. The number of hydrogen-bond donors (Lipinski definition) is 0. The van der Waals surface area contributed by atoms with Gasteiger partial charge in [-0.2, -0.15) is 5.26 Å². The summed E-state index contributed by atoms with van der Waals surface area (Å²) in [7, 11) is 0. The summed E-state index contributed by atoms with van der Waals surface area (Å²) < 4.78 is 11.8. The summed E-state index contributed by atoms with van der Waals surface area (Å²) in [6, 6.07) is 16.7. The van der Waals surface area contributed by atoms with E-state index in [2.05, 4.69) is 34.6 Å². The van der Waals surface area contributed by atoms with Crippen molar-refractivity contribution in [2.24, 2.45) is 11.8 Å². The van der Waals surface area contributed by atoms with Crippen LogP contribution in [0, 0.1) is 29.7 Å². The summed E-state index contributed by atoms with van der Waals surface area (Å²) in [5, 5.41) is 8.87. The van der Waals surface area contributed by atoms with E-state index in [9.17, 15) is 0 Å². The van der Waals surface area contributed by atoms with Crippen molar-refractivity contribution in [3.05, 3.63) is 65.5 Å². The van der Waals surface area contributed by atoms with Crippen LogP contribution in [0.4, 0.5) is 5.69 Å². The minimum Gasteiger partial charge on any atom is -0.493 e. The molecular formula is C26H32N4O2. The first kappa shape index (κ1) is 23.6. The first-order valence-corrected chi connectivity index (χ1v) is 11.2. The fourth-order valence-corrected chi connectivity index (χ4v) is 3.86. The molecule has 2 aromatic rings. The first-order valence-electron chi connectivity index (χ1n) is 11.2. The second-order valence-electron chi connectivity index (χ2n) is 8.68.